The minimum atomic E-state index is -0.853. The van der Waals surface area contributed by atoms with Crippen LogP contribution in [0.2, 0.25) is 0 Å². The van der Waals surface area contributed by atoms with Gasteiger partial charge in [-0.2, -0.15) is 0 Å². The van der Waals surface area contributed by atoms with Crippen LogP contribution >= 0.6 is 0 Å². The molecule has 0 aliphatic rings. The van der Waals surface area contributed by atoms with E-state index in [0.717, 1.165) is 51.4 Å². The van der Waals surface area contributed by atoms with Crippen LogP contribution in [-0.4, -0.2) is 47.4 Å². The SMILES string of the molecule is CCCCCCCC/C=C\CCCCCCCCCCCC(=O)OCCCCCCCCCC/C=C\CCCCCCCCCC(=O)NC(CO)C(O)/C=C/CCCCCCCCCCCCCCCCCCCCCCCCC. The first-order valence-corrected chi connectivity index (χ1v) is 36.3. The normalized spacial score (nSPS) is 12.7. The molecule has 80 heavy (non-hydrogen) atoms. The second kappa shape index (κ2) is 69.6. The van der Waals surface area contributed by atoms with Gasteiger partial charge in [0.1, 0.15) is 0 Å². The average Bonchev–Trinajstić information content (AvgIpc) is 3.46. The number of nitrogens with one attached hydrogen (secondary N) is 1. The van der Waals surface area contributed by atoms with Gasteiger partial charge < -0.3 is 20.3 Å². The van der Waals surface area contributed by atoms with Gasteiger partial charge in [0.2, 0.25) is 5.91 Å². The van der Waals surface area contributed by atoms with Gasteiger partial charge >= 0.3 is 5.97 Å². The summed E-state index contributed by atoms with van der Waals surface area (Å²) < 4.78 is 5.50. The maximum absolute atomic E-state index is 12.5. The number of aliphatic hydroxyl groups excluding tert-OH is 2. The molecule has 6 heteroatoms. The first kappa shape index (κ1) is 78.1. The Labute approximate surface area is 500 Å². The van der Waals surface area contributed by atoms with Gasteiger partial charge in [0.25, 0.3) is 0 Å². The van der Waals surface area contributed by atoms with Crippen LogP contribution in [0, 0.1) is 0 Å². The maximum atomic E-state index is 12.5. The van der Waals surface area contributed by atoms with E-state index in [9.17, 15) is 19.8 Å². The molecule has 0 fully saturated rings. The van der Waals surface area contributed by atoms with E-state index < -0.39 is 12.1 Å². The number of ether oxygens (including phenoxy) is 1. The number of carbonyl (C=O) groups is 2. The number of rotatable bonds is 68. The van der Waals surface area contributed by atoms with E-state index in [4.69, 9.17) is 4.74 Å². The van der Waals surface area contributed by atoms with E-state index in [2.05, 4.69) is 43.5 Å². The Bertz CT molecular complexity index is 1300. The van der Waals surface area contributed by atoms with Crippen molar-refractivity contribution >= 4 is 11.9 Å². The van der Waals surface area contributed by atoms with Crippen molar-refractivity contribution in [2.45, 2.75) is 411 Å². The van der Waals surface area contributed by atoms with Gasteiger partial charge in [-0.05, 0) is 83.5 Å². The van der Waals surface area contributed by atoms with E-state index >= 15 is 0 Å². The standard InChI is InChI=1S/C74H141NO5/c1-3-5-7-9-11-13-15-17-19-21-23-24-25-26-27-28-31-34-38-42-46-50-54-58-62-66-72(77)71(70-76)75-73(78)67-63-59-55-51-47-43-39-35-32-29-33-37-41-45-49-53-57-61-65-69-80-74(79)68-64-60-56-52-48-44-40-36-30-22-20-18-16-14-12-10-8-6-4-2/h18,20,29,32,62,66,71-72,76-77H,3-17,19,21-28,30-31,33-61,63-65,67-70H2,1-2H3,(H,75,78)/b20-18-,32-29-,66-62+. The second-order valence-electron chi connectivity index (χ2n) is 24.9. The molecule has 0 heterocycles. The zero-order chi connectivity index (χ0) is 57.8. The second-order valence-corrected chi connectivity index (χ2v) is 24.9. The van der Waals surface area contributed by atoms with Crippen LogP contribution in [0.25, 0.3) is 0 Å². The van der Waals surface area contributed by atoms with Gasteiger partial charge in [0.15, 0.2) is 0 Å². The predicted molar refractivity (Wildman–Crippen MR) is 352 cm³/mol. The van der Waals surface area contributed by atoms with Crippen LogP contribution in [0.5, 0.6) is 0 Å². The van der Waals surface area contributed by atoms with Crippen molar-refractivity contribution in [1.82, 2.24) is 5.32 Å². The number of hydrogen-bond acceptors (Lipinski definition) is 5. The highest BCUT2D eigenvalue weighted by Gasteiger charge is 2.18. The molecular formula is C74H141NO5. The number of hydrogen-bond donors (Lipinski definition) is 3. The summed E-state index contributed by atoms with van der Waals surface area (Å²) >= 11 is 0. The van der Waals surface area contributed by atoms with E-state index in [1.54, 1.807) is 6.08 Å². The van der Waals surface area contributed by atoms with Gasteiger partial charge in [-0.15, -0.1) is 0 Å². The summed E-state index contributed by atoms with van der Waals surface area (Å²) in [6, 6.07) is -0.637. The first-order chi connectivity index (χ1) is 39.5. The lowest BCUT2D eigenvalue weighted by molar-refractivity contribution is -0.143. The van der Waals surface area contributed by atoms with Gasteiger partial charge in [-0.1, -0.05) is 339 Å². The van der Waals surface area contributed by atoms with E-state index in [-0.39, 0.29) is 18.5 Å². The summed E-state index contributed by atoms with van der Waals surface area (Å²) in [7, 11) is 0. The number of unbranched alkanes of at least 4 members (excludes halogenated alkanes) is 53. The molecule has 2 atom stereocenters. The number of aliphatic hydroxyl groups is 2. The van der Waals surface area contributed by atoms with Crippen LogP contribution in [0.15, 0.2) is 36.5 Å². The molecule has 3 N–H and O–H groups in total. The molecule has 0 bridgehead atoms. The maximum Gasteiger partial charge on any atom is 0.305 e. The molecule has 2 unspecified atom stereocenters. The molecule has 6 nitrogen and oxygen atoms in total. The highest BCUT2D eigenvalue weighted by molar-refractivity contribution is 5.76. The van der Waals surface area contributed by atoms with E-state index in [0.29, 0.717) is 19.4 Å². The monoisotopic (exact) mass is 1120 g/mol. The summed E-state index contributed by atoms with van der Waals surface area (Å²) in [5, 5.41) is 23.3. The van der Waals surface area contributed by atoms with Gasteiger partial charge in [-0.25, -0.2) is 0 Å². The largest absolute Gasteiger partial charge is 0.466 e. The summed E-state index contributed by atoms with van der Waals surface area (Å²) in [4.78, 5) is 24.7. The Morgan fingerprint density at radius 2 is 0.588 bits per heavy atom. The van der Waals surface area contributed by atoms with Crippen molar-refractivity contribution < 1.29 is 24.5 Å². The highest BCUT2D eigenvalue weighted by Crippen LogP contribution is 2.18. The third-order valence-corrected chi connectivity index (χ3v) is 16.9. The summed E-state index contributed by atoms with van der Waals surface area (Å²) in [6.07, 6.45) is 89.4. The lowest BCUT2D eigenvalue weighted by atomic mass is 10.0. The summed E-state index contributed by atoms with van der Waals surface area (Å²) in [5.74, 6) is -0.0700. The number of carbonyl (C=O) groups excluding carboxylic acids is 2. The number of esters is 1. The Balaban J connectivity index is 3.45. The number of allylic oxidation sites excluding steroid dienone is 5. The Hall–Kier alpha value is -1.92. The lowest BCUT2D eigenvalue weighted by Gasteiger charge is -2.20. The molecule has 0 rings (SSSR count). The average molecular weight is 1120 g/mol. The lowest BCUT2D eigenvalue weighted by Crippen LogP contribution is -2.45. The first-order valence-electron chi connectivity index (χ1n) is 36.3. The van der Waals surface area contributed by atoms with Crippen LogP contribution in [0.4, 0.5) is 0 Å². The van der Waals surface area contributed by atoms with Crippen molar-refractivity contribution in [1.29, 1.82) is 0 Å². The molecular weight excluding hydrogens is 983 g/mol. The van der Waals surface area contributed by atoms with Crippen LogP contribution in [0.3, 0.4) is 0 Å². The molecule has 0 aliphatic carbocycles. The van der Waals surface area contributed by atoms with Gasteiger partial charge in [0.05, 0.1) is 25.4 Å². The number of amides is 1. The van der Waals surface area contributed by atoms with Crippen molar-refractivity contribution in [3.8, 4) is 0 Å². The molecule has 472 valence electrons. The minimum Gasteiger partial charge on any atom is -0.466 e. The fraction of sp³-hybridized carbons (Fsp3) is 0.892. The molecule has 0 spiro atoms. The van der Waals surface area contributed by atoms with Crippen molar-refractivity contribution in [3.63, 3.8) is 0 Å². The third-order valence-electron chi connectivity index (χ3n) is 16.9. The molecule has 0 aromatic rings. The van der Waals surface area contributed by atoms with Crippen LogP contribution in [0.1, 0.15) is 399 Å². The molecule has 0 aliphatic heterocycles. The van der Waals surface area contributed by atoms with Crippen LogP contribution in [-0.2, 0) is 14.3 Å². The molecule has 1 amide bonds. The zero-order valence-electron chi connectivity index (χ0n) is 54.1. The van der Waals surface area contributed by atoms with E-state index in [1.807, 2.05) is 6.08 Å². The van der Waals surface area contributed by atoms with Gasteiger partial charge in [-0.3, -0.25) is 9.59 Å². The third kappa shape index (κ3) is 65.2. The van der Waals surface area contributed by atoms with Crippen molar-refractivity contribution in [3.05, 3.63) is 36.5 Å². The Morgan fingerprint density at radius 3 is 0.887 bits per heavy atom. The van der Waals surface area contributed by atoms with Crippen molar-refractivity contribution in [2.24, 2.45) is 0 Å². The minimum absolute atomic E-state index is 0.00362. The Kier molecular flexibility index (Phi) is 67.9. The molecule has 0 radical (unpaired) electrons. The molecule has 0 aromatic carbocycles. The van der Waals surface area contributed by atoms with Crippen molar-refractivity contribution in [2.75, 3.05) is 13.2 Å². The topological polar surface area (TPSA) is 95.9 Å². The fourth-order valence-corrected chi connectivity index (χ4v) is 11.3. The zero-order valence-corrected chi connectivity index (χ0v) is 54.1. The highest BCUT2D eigenvalue weighted by atomic mass is 16.5. The summed E-state index contributed by atoms with van der Waals surface area (Å²) in [6.45, 7) is 4.92. The quantitative estimate of drug-likeness (QED) is 0.0320. The molecule has 0 aromatic heterocycles. The van der Waals surface area contributed by atoms with Crippen LogP contribution < -0.4 is 5.32 Å². The predicted octanol–water partition coefficient (Wildman–Crippen LogP) is 23.5. The molecule has 0 saturated heterocycles. The molecule has 0 saturated carbocycles. The smallest absolute Gasteiger partial charge is 0.305 e. The fourth-order valence-electron chi connectivity index (χ4n) is 11.3. The van der Waals surface area contributed by atoms with Gasteiger partial charge in [0, 0.05) is 12.8 Å². The van der Waals surface area contributed by atoms with E-state index in [1.165, 1.54) is 321 Å². The summed E-state index contributed by atoms with van der Waals surface area (Å²) in [5.41, 5.74) is 0. The Morgan fingerprint density at radius 1 is 0.338 bits per heavy atom.